The maximum atomic E-state index is 12.2. The van der Waals surface area contributed by atoms with Gasteiger partial charge in [-0.2, -0.15) is 0 Å². The molecule has 1 fully saturated rings. The Hall–Kier alpha value is -0.650. The number of ether oxygens (including phenoxy) is 1. The molecule has 0 aliphatic carbocycles. The minimum Gasteiger partial charge on any atom is -0.374 e. The van der Waals surface area contributed by atoms with Gasteiger partial charge in [-0.05, 0) is 34.6 Å². The molecule has 2 unspecified atom stereocenters. The van der Waals surface area contributed by atoms with Crippen molar-refractivity contribution in [3.05, 3.63) is 0 Å². The zero-order valence-corrected chi connectivity index (χ0v) is 13.7. The SMILES string of the molecule is CCN(CC)C(=O)C(C)NCC1CN(C(C)C)CCO1. The Balaban J connectivity index is 2.36. The number of nitrogens with zero attached hydrogens (tertiary/aromatic N) is 2. The first kappa shape index (κ1) is 17.4. The van der Waals surface area contributed by atoms with Crippen molar-refractivity contribution in [3.63, 3.8) is 0 Å². The fourth-order valence-corrected chi connectivity index (χ4v) is 2.54. The van der Waals surface area contributed by atoms with Gasteiger partial charge in [-0.25, -0.2) is 0 Å². The van der Waals surface area contributed by atoms with Crippen LogP contribution in [0.1, 0.15) is 34.6 Å². The molecule has 2 atom stereocenters. The third kappa shape index (κ3) is 5.04. The molecule has 0 bridgehead atoms. The zero-order valence-electron chi connectivity index (χ0n) is 13.7. The highest BCUT2D eigenvalue weighted by Crippen LogP contribution is 2.08. The number of carbonyl (C=O) groups is 1. The van der Waals surface area contributed by atoms with E-state index in [1.807, 2.05) is 25.7 Å². The lowest BCUT2D eigenvalue weighted by molar-refractivity contribution is -0.132. The van der Waals surface area contributed by atoms with Gasteiger partial charge < -0.3 is 15.0 Å². The van der Waals surface area contributed by atoms with Crippen LogP contribution in [0.25, 0.3) is 0 Å². The quantitative estimate of drug-likeness (QED) is 0.756. The van der Waals surface area contributed by atoms with Gasteiger partial charge in [0.2, 0.25) is 5.91 Å². The van der Waals surface area contributed by atoms with Gasteiger partial charge >= 0.3 is 0 Å². The predicted octanol–water partition coefficient (Wildman–Crippen LogP) is 0.942. The van der Waals surface area contributed by atoms with Crippen LogP contribution in [0.3, 0.4) is 0 Å². The summed E-state index contributed by atoms with van der Waals surface area (Å²) in [6.07, 6.45) is 0.179. The Morgan fingerprint density at radius 3 is 2.55 bits per heavy atom. The van der Waals surface area contributed by atoms with Crippen LogP contribution in [0.4, 0.5) is 0 Å². The van der Waals surface area contributed by atoms with Gasteiger partial charge in [-0.15, -0.1) is 0 Å². The van der Waals surface area contributed by atoms with Gasteiger partial charge in [0, 0.05) is 38.8 Å². The summed E-state index contributed by atoms with van der Waals surface area (Å²) >= 11 is 0. The lowest BCUT2D eigenvalue weighted by atomic mass is 10.2. The monoisotopic (exact) mass is 285 g/mol. The second kappa shape index (κ2) is 8.60. The van der Waals surface area contributed by atoms with Gasteiger partial charge in [-0.3, -0.25) is 9.69 Å². The fourth-order valence-electron chi connectivity index (χ4n) is 2.54. The smallest absolute Gasteiger partial charge is 0.239 e. The number of morpholine rings is 1. The molecule has 1 aliphatic rings. The molecular formula is C15H31N3O2. The molecule has 0 spiro atoms. The van der Waals surface area contributed by atoms with E-state index in [9.17, 15) is 4.79 Å². The highest BCUT2D eigenvalue weighted by molar-refractivity contribution is 5.81. The van der Waals surface area contributed by atoms with Gasteiger partial charge in [0.1, 0.15) is 0 Å². The van der Waals surface area contributed by atoms with E-state index in [4.69, 9.17) is 4.74 Å². The summed E-state index contributed by atoms with van der Waals surface area (Å²) in [5.74, 6) is 0.173. The largest absolute Gasteiger partial charge is 0.374 e. The number of likely N-dealkylation sites (N-methyl/N-ethyl adjacent to an activating group) is 1. The van der Waals surface area contributed by atoms with E-state index < -0.39 is 0 Å². The van der Waals surface area contributed by atoms with E-state index in [0.29, 0.717) is 6.04 Å². The van der Waals surface area contributed by atoms with Crippen LogP contribution in [0.2, 0.25) is 0 Å². The summed E-state index contributed by atoms with van der Waals surface area (Å²) in [5.41, 5.74) is 0. The minimum absolute atomic E-state index is 0.145. The lowest BCUT2D eigenvalue weighted by Crippen LogP contribution is -2.52. The summed E-state index contributed by atoms with van der Waals surface area (Å²) < 4.78 is 5.77. The first-order valence-corrected chi connectivity index (χ1v) is 7.87. The number of hydrogen-bond acceptors (Lipinski definition) is 4. The standard InChI is InChI=1S/C15H31N3O2/c1-6-17(7-2)15(19)13(5)16-10-14-11-18(12(3)4)8-9-20-14/h12-14,16H,6-11H2,1-5H3. The zero-order chi connectivity index (χ0) is 15.1. The molecule has 1 saturated heterocycles. The molecule has 1 amide bonds. The number of nitrogens with one attached hydrogen (secondary N) is 1. The van der Waals surface area contributed by atoms with E-state index >= 15 is 0 Å². The minimum atomic E-state index is -0.145. The van der Waals surface area contributed by atoms with Crippen molar-refractivity contribution < 1.29 is 9.53 Å². The third-order valence-corrected chi connectivity index (χ3v) is 4.00. The lowest BCUT2D eigenvalue weighted by Gasteiger charge is -2.36. The van der Waals surface area contributed by atoms with E-state index in [2.05, 4.69) is 24.1 Å². The van der Waals surface area contributed by atoms with Gasteiger partial charge in [0.15, 0.2) is 0 Å². The van der Waals surface area contributed by atoms with E-state index in [-0.39, 0.29) is 18.1 Å². The van der Waals surface area contributed by atoms with Gasteiger partial charge in [-0.1, -0.05) is 0 Å². The fraction of sp³-hybridized carbons (Fsp3) is 0.933. The molecule has 1 N–H and O–H groups in total. The van der Waals surface area contributed by atoms with Crippen LogP contribution in [-0.2, 0) is 9.53 Å². The molecule has 1 heterocycles. The highest BCUT2D eigenvalue weighted by atomic mass is 16.5. The maximum absolute atomic E-state index is 12.2. The van der Waals surface area contributed by atoms with Crippen molar-refractivity contribution in [1.82, 2.24) is 15.1 Å². The summed E-state index contributed by atoms with van der Waals surface area (Å²) in [4.78, 5) is 16.4. The molecule has 20 heavy (non-hydrogen) atoms. The Labute approximate surface area is 123 Å². The Bertz CT molecular complexity index is 293. The van der Waals surface area contributed by atoms with Crippen molar-refractivity contribution in [2.45, 2.75) is 52.8 Å². The highest BCUT2D eigenvalue weighted by Gasteiger charge is 2.24. The number of rotatable bonds is 7. The molecule has 1 aliphatic heterocycles. The van der Waals surface area contributed by atoms with Crippen LogP contribution in [0.15, 0.2) is 0 Å². The van der Waals surface area contributed by atoms with E-state index in [0.717, 1.165) is 39.3 Å². The van der Waals surface area contributed by atoms with E-state index in [1.165, 1.54) is 0 Å². The Morgan fingerprint density at radius 1 is 1.35 bits per heavy atom. The average molecular weight is 285 g/mol. The molecule has 0 saturated carbocycles. The molecule has 5 heteroatoms. The predicted molar refractivity (Wildman–Crippen MR) is 81.8 cm³/mol. The molecule has 0 aromatic rings. The van der Waals surface area contributed by atoms with Crippen LogP contribution in [0.5, 0.6) is 0 Å². The number of amides is 1. The first-order chi connectivity index (χ1) is 9.49. The third-order valence-electron chi connectivity index (χ3n) is 4.00. The van der Waals surface area contributed by atoms with Crippen LogP contribution >= 0.6 is 0 Å². The number of hydrogen-bond donors (Lipinski definition) is 1. The van der Waals surface area contributed by atoms with Crippen molar-refractivity contribution in [3.8, 4) is 0 Å². The Kier molecular flexibility index (Phi) is 7.48. The molecular weight excluding hydrogens is 254 g/mol. The topological polar surface area (TPSA) is 44.8 Å². The molecule has 0 aromatic heterocycles. The molecule has 0 radical (unpaired) electrons. The van der Waals surface area contributed by atoms with Crippen LogP contribution in [-0.4, -0.2) is 73.2 Å². The van der Waals surface area contributed by atoms with Crippen molar-refractivity contribution in [1.29, 1.82) is 0 Å². The second-order valence-corrected chi connectivity index (χ2v) is 5.72. The number of carbonyl (C=O) groups excluding carboxylic acids is 1. The van der Waals surface area contributed by atoms with Crippen molar-refractivity contribution >= 4 is 5.91 Å². The Morgan fingerprint density at radius 2 is 2.00 bits per heavy atom. The molecule has 0 aromatic carbocycles. The van der Waals surface area contributed by atoms with Crippen LogP contribution < -0.4 is 5.32 Å². The molecule has 1 rings (SSSR count). The van der Waals surface area contributed by atoms with Crippen molar-refractivity contribution in [2.24, 2.45) is 0 Å². The van der Waals surface area contributed by atoms with Crippen LogP contribution in [0, 0.1) is 0 Å². The molecule has 5 nitrogen and oxygen atoms in total. The average Bonchev–Trinajstić information content (AvgIpc) is 2.46. The summed E-state index contributed by atoms with van der Waals surface area (Å²) in [6, 6.07) is 0.407. The maximum Gasteiger partial charge on any atom is 0.239 e. The first-order valence-electron chi connectivity index (χ1n) is 7.87. The second-order valence-electron chi connectivity index (χ2n) is 5.72. The van der Waals surface area contributed by atoms with Gasteiger partial charge in [0.25, 0.3) is 0 Å². The summed E-state index contributed by atoms with van der Waals surface area (Å²) in [6.45, 7) is 15.4. The summed E-state index contributed by atoms with van der Waals surface area (Å²) in [5, 5.41) is 3.32. The van der Waals surface area contributed by atoms with E-state index in [1.54, 1.807) is 0 Å². The summed E-state index contributed by atoms with van der Waals surface area (Å²) in [7, 11) is 0. The normalized spacial score (nSPS) is 22.0. The van der Waals surface area contributed by atoms with Crippen molar-refractivity contribution in [2.75, 3.05) is 39.3 Å². The van der Waals surface area contributed by atoms with Gasteiger partial charge in [0.05, 0.1) is 18.8 Å². The molecule has 118 valence electrons.